The van der Waals surface area contributed by atoms with E-state index < -0.39 is 5.41 Å². The van der Waals surface area contributed by atoms with Gasteiger partial charge in [-0.15, -0.1) is 0 Å². The Labute approximate surface area is 108 Å². The van der Waals surface area contributed by atoms with Gasteiger partial charge in [0.15, 0.2) is 0 Å². The highest BCUT2D eigenvalue weighted by Gasteiger charge is 2.31. The molecule has 0 atom stereocenters. The van der Waals surface area contributed by atoms with Gasteiger partial charge < -0.3 is 10.6 Å². The number of rotatable bonds is 5. The average molecular weight is 256 g/mol. The van der Waals surface area contributed by atoms with Crippen LogP contribution in [0.3, 0.4) is 0 Å². The second-order valence-electron chi connectivity index (χ2n) is 5.75. The summed E-state index contributed by atoms with van der Waals surface area (Å²) in [4.78, 5) is 24.7. The summed E-state index contributed by atoms with van der Waals surface area (Å²) in [5.41, 5.74) is 6.91. The third-order valence-electron chi connectivity index (χ3n) is 3.56. The van der Waals surface area contributed by atoms with Gasteiger partial charge >= 0.3 is 0 Å². The van der Waals surface area contributed by atoms with Gasteiger partial charge in [-0.2, -0.15) is 0 Å². The van der Waals surface area contributed by atoms with Crippen LogP contribution in [-0.4, -0.2) is 36.3 Å². The van der Waals surface area contributed by atoms with Crippen LogP contribution in [0, 0.1) is 11.3 Å². The zero-order valence-corrected chi connectivity index (χ0v) is 11.2. The van der Waals surface area contributed by atoms with Gasteiger partial charge in [0.05, 0.1) is 5.41 Å². The lowest BCUT2D eigenvalue weighted by Crippen LogP contribution is -2.49. The van der Waals surface area contributed by atoms with Crippen LogP contribution in [0.5, 0.6) is 0 Å². The molecule has 1 saturated heterocycles. The van der Waals surface area contributed by atoms with Crippen LogP contribution in [-0.2, 0) is 9.59 Å². The quantitative estimate of drug-likeness (QED) is 0.353. The Hall–Kier alpha value is -1.14. The fourth-order valence-electron chi connectivity index (χ4n) is 2.46. The second-order valence-corrected chi connectivity index (χ2v) is 5.75. The highest BCUT2D eigenvalue weighted by atomic mass is 16.2. The lowest BCUT2D eigenvalue weighted by Gasteiger charge is -2.36. The highest BCUT2D eigenvalue weighted by Crippen LogP contribution is 2.24. The maximum atomic E-state index is 11.6. The summed E-state index contributed by atoms with van der Waals surface area (Å²) in [6, 6.07) is 0. The van der Waals surface area contributed by atoms with Crippen LogP contribution in [0.4, 0.5) is 0 Å². The van der Waals surface area contributed by atoms with Crippen molar-refractivity contribution in [1.82, 2.24) is 10.3 Å². The van der Waals surface area contributed by atoms with Gasteiger partial charge in [-0.05, 0) is 45.7 Å². The first-order valence-electron chi connectivity index (χ1n) is 6.37. The smallest absolute Gasteiger partial charge is 0.240 e. The Morgan fingerprint density at radius 2 is 1.89 bits per heavy atom. The molecule has 0 spiro atoms. The van der Waals surface area contributed by atoms with Crippen molar-refractivity contribution in [3.05, 3.63) is 0 Å². The van der Waals surface area contributed by atoms with Crippen molar-refractivity contribution >= 4 is 11.8 Å². The molecule has 0 saturated carbocycles. The van der Waals surface area contributed by atoms with Crippen LogP contribution in [0.1, 0.15) is 33.1 Å². The molecule has 1 aliphatic heterocycles. The number of likely N-dealkylation sites (tertiary alicyclic amines) is 1. The summed E-state index contributed by atoms with van der Waals surface area (Å²) in [5, 5.41) is 0. The number of primary amides is 1. The van der Waals surface area contributed by atoms with Gasteiger partial charge in [0.1, 0.15) is 0 Å². The van der Waals surface area contributed by atoms with Crippen molar-refractivity contribution in [2.24, 2.45) is 22.9 Å². The molecule has 1 rings (SSSR count). The molecule has 6 heteroatoms. The average Bonchev–Trinajstić information content (AvgIpc) is 2.29. The van der Waals surface area contributed by atoms with Gasteiger partial charge in [-0.3, -0.25) is 15.0 Å². The molecule has 5 N–H and O–H groups in total. The number of nitrogens with one attached hydrogen (secondary N) is 1. The van der Waals surface area contributed by atoms with E-state index in [1.165, 1.54) is 0 Å². The molecule has 1 fully saturated rings. The lowest BCUT2D eigenvalue weighted by atomic mass is 9.88. The van der Waals surface area contributed by atoms with E-state index in [1.54, 1.807) is 0 Å². The van der Waals surface area contributed by atoms with Crippen molar-refractivity contribution in [3.8, 4) is 0 Å². The third kappa shape index (κ3) is 4.27. The molecule has 0 bridgehead atoms. The van der Waals surface area contributed by atoms with Crippen molar-refractivity contribution in [3.63, 3.8) is 0 Å². The van der Waals surface area contributed by atoms with Crippen LogP contribution in [0.15, 0.2) is 0 Å². The topological polar surface area (TPSA) is 101 Å². The monoisotopic (exact) mass is 256 g/mol. The van der Waals surface area contributed by atoms with Gasteiger partial charge in [0.2, 0.25) is 11.8 Å². The normalized spacial score (nSPS) is 18.6. The molecule has 2 amide bonds. The summed E-state index contributed by atoms with van der Waals surface area (Å²) in [5.74, 6) is 5.19. The molecule has 1 aliphatic rings. The highest BCUT2D eigenvalue weighted by molar-refractivity contribution is 5.81. The zero-order chi connectivity index (χ0) is 13.8. The summed E-state index contributed by atoms with van der Waals surface area (Å²) in [7, 11) is 0. The minimum atomic E-state index is -0.495. The molecule has 18 heavy (non-hydrogen) atoms. The number of piperidine rings is 1. The minimum Gasteiger partial charge on any atom is -0.370 e. The fourth-order valence-corrected chi connectivity index (χ4v) is 2.46. The van der Waals surface area contributed by atoms with E-state index in [2.05, 4.69) is 10.3 Å². The molecule has 0 aromatic heterocycles. The Morgan fingerprint density at radius 1 is 1.33 bits per heavy atom. The maximum absolute atomic E-state index is 11.6. The number of amides is 2. The molecule has 6 nitrogen and oxygen atoms in total. The van der Waals surface area contributed by atoms with E-state index in [-0.39, 0.29) is 11.8 Å². The van der Waals surface area contributed by atoms with Crippen molar-refractivity contribution in [1.29, 1.82) is 0 Å². The van der Waals surface area contributed by atoms with Crippen LogP contribution in [0.25, 0.3) is 0 Å². The molecule has 0 radical (unpaired) electrons. The minimum absolute atomic E-state index is 0.151. The molecule has 0 aliphatic carbocycles. The molecule has 104 valence electrons. The van der Waals surface area contributed by atoms with Gasteiger partial charge in [0.25, 0.3) is 0 Å². The number of nitrogens with zero attached hydrogens (tertiary/aromatic N) is 1. The van der Waals surface area contributed by atoms with Gasteiger partial charge in [-0.25, -0.2) is 5.84 Å². The van der Waals surface area contributed by atoms with E-state index in [1.807, 2.05) is 13.8 Å². The third-order valence-corrected chi connectivity index (χ3v) is 3.56. The van der Waals surface area contributed by atoms with Crippen molar-refractivity contribution in [2.45, 2.75) is 33.1 Å². The number of hydrogen-bond acceptors (Lipinski definition) is 4. The molecule has 1 heterocycles. The SMILES string of the molecule is CC(C)(CN1CCC(CC(N)=O)CC1)C(=O)NN. The first kappa shape index (κ1) is 14.9. The summed E-state index contributed by atoms with van der Waals surface area (Å²) in [6.45, 7) is 6.24. The fraction of sp³-hybridized carbons (Fsp3) is 0.833. The molecular weight excluding hydrogens is 232 g/mol. The number of hydrogen-bond donors (Lipinski definition) is 3. The summed E-state index contributed by atoms with van der Waals surface area (Å²) in [6.07, 6.45) is 2.40. The second kappa shape index (κ2) is 6.15. The Kier molecular flexibility index (Phi) is 5.10. The predicted molar refractivity (Wildman–Crippen MR) is 69.1 cm³/mol. The first-order valence-corrected chi connectivity index (χ1v) is 6.37. The first-order chi connectivity index (χ1) is 8.35. The Morgan fingerprint density at radius 3 is 2.33 bits per heavy atom. The number of hydrazine groups is 1. The van der Waals surface area contributed by atoms with Gasteiger partial charge in [0, 0.05) is 13.0 Å². The van der Waals surface area contributed by atoms with Crippen molar-refractivity contribution < 1.29 is 9.59 Å². The summed E-state index contributed by atoms with van der Waals surface area (Å²) < 4.78 is 0. The van der Waals surface area contributed by atoms with Crippen molar-refractivity contribution in [2.75, 3.05) is 19.6 Å². The Bertz CT molecular complexity index is 309. The van der Waals surface area contributed by atoms with E-state index >= 15 is 0 Å². The predicted octanol–water partition coefficient (Wildman–Crippen LogP) is -0.410. The number of carbonyl (C=O) groups is 2. The standard InChI is InChI=1S/C12H24N4O2/c1-12(2,11(18)15-14)8-16-5-3-9(4-6-16)7-10(13)17/h9H,3-8,14H2,1-2H3,(H2,13,17)(H,15,18). The molecule has 0 aromatic rings. The van der Waals surface area contributed by atoms with E-state index in [0.29, 0.717) is 18.9 Å². The van der Waals surface area contributed by atoms with E-state index in [0.717, 1.165) is 25.9 Å². The zero-order valence-electron chi connectivity index (χ0n) is 11.2. The van der Waals surface area contributed by atoms with Gasteiger partial charge in [-0.1, -0.05) is 0 Å². The maximum Gasteiger partial charge on any atom is 0.240 e. The molecular formula is C12H24N4O2. The van der Waals surface area contributed by atoms with E-state index in [9.17, 15) is 9.59 Å². The van der Waals surface area contributed by atoms with Crippen LogP contribution < -0.4 is 17.0 Å². The number of nitrogens with two attached hydrogens (primary N) is 2. The van der Waals surface area contributed by atoms with E-state index in [4.69, 9.17) is 11.6 Å². The van der Waals surface area contributed by atoms with Crippen LogP contribution in [0.2, 0.25) is 0 Å². The number of carbonyl (C=O) groups excluding carboxylic acids is 2. The lowest BCUT2D eigenvalue weighted by molar-refractivity contribution is -0.130. The van der Waals surface area contributed by atoms with Crippen LogP contribution >= 0.6 is 0 Å². The summed E-state index contributed by atoms with van der Waals surface area (Å²) >= 11 is 0. The Balaban J connectivity index is 2.39. The largest absolute Gasteiger partial charge is 0.370 e. The molecule has 0 unspecified atom stereocenters. The molecule has 0 aromatic carbocycles.